The average Bonchev–Trinajstić information content (AvgIpc) is 2.63. The Labute approximate surface area is 104 Å². The Morgan fingerprint density at radius 1 is 1.24 bits per heavy atom. The summed E-state index contributed by atoms with van der Waals surface area (Å²) in [5.41, 5.74) is -0.409. The maximum atomic E-state index is 11.8. The second-order valence-electron chi connectivity index (χ2n) is 6.14. The summed E-state index contributed by atoms with van der Waals surface area (Å²) < 4.78 is 5.32. The van der Waals surface area contributed by atoms with Crippen molar-refractivity contribution < 1.29 is 9.53 Å². The number of carbonyl (C=O) groups is 1. The summed E-state index contributed by atoms with van der Waals surface area (Å²) in [6.07, 6.45) is 4.46. The lowest BCUT2D eigenvalue weighted by atomic mass is 9.96. The summed E-state index contributed by atoms with van der Waals surface area (Å²) in [7, 11) is 0. The monoisotopic (exact) mass is 240 g/mol. The average molecular weight is 240 g/mol. The van der Waals surface area contributed by atoms with Crippen molar-refractivity contribution in [3.8, 4) is 0 Å². The third-order valence-corrected chi connectivity index (χ3v) is 3.54. The quantitative estimate of drug-likeness (QED) is 0.763. The highest BCUT2D eigenvalue weighted by Gasteiger charge is 2.35. The summed E-state index contributed by atoms with van der Waals surface area (Å²) in [5, 5.41) is 3.04. The van der Waals surface area contributed by atoms with Crippen LogP contribution in [0.4, 0.5) is 4.79 Å². The van der Waals surface area contributed by atoms with Gasteiger partial charge in [-0.1, -0.05) is 0 Å². The molecule has 2 aliphatic heterocycles. The molecule has 2 atom stereocenters. The molecule has 17 heavy (non-hydrogen) atoms. The first-order chi connectivity index (χ1) is 7.96. The van der Waals surface area contributed by atoms with Gasteiger partial charge in [-0.05, 0) is 59.5 Å². The first-order valence-corrected chi connectivity index (χ1v) is 6.69. The molecule has 0 radical (unpaired) electrons. The first kappa shape index (κ1) is 12.7. The van der Waals surface area contributed by atoms with Gasteiger partial charge in [0.1, 0.15) is 5.60 Å². The highest BCUT2D eigenvalue weighted by Crippen LogP contribution is 2.27. The van der Waals surface area contributed by atoms with Gasteiger partial charge in [0.15, 0.2) is 0 Å². The Bertz CT molecular complexity index is 286. The van der Waals surface area contributed by atoms with E-state index in [1.54, 1.807) is 0 Å². The molecule has 0 bridgehead atoms. The first-order valence-electron chi connectivity index (χ1n) is 6.69. The zero-order valence-corrected chi connectivity index (χ0v) is 11.2. The zero-order chi connectivity index (χ0) is 12.5. The number of hydrogen-bond donors (Lipinski definition) is 1. The van der Waals surface area contributed by atoms with Crippen molar-refractivity contribution in [3.63, 3.8) is 0 Å². The number of nitrogens with one attached hydrogen (secondary N) is 1. The van der Waals surface area contributed by atoms with Crippen molar-refractivity contribution >= 4 is 6.09 Å². The number of carbonyl (C=O) groups excluding carboxylic acids is 1. The normalized spacial score (nSPS) is 29.8. The van der Waals surface area contributed by atoms with E-state index in [-0.39, 0.29) is 12.1 Å². The maximum Gasteiger partial charge on any atom is 0.407 e. The smallest absolute Gasteiger partial charge is 0.407 e. The molecule has 0 aromatic carbocycles. The summed E-state index contributed by atoms with van der Waals surface area (Å²) in [6, 6.07) is 0.817. The minimum Gasteiger partial charge on any atom is -0.444 e. The molecule has 0 aromatic heterocycles. The number of hydrogen-bond acceptors (Lipinski definition) is 3. The van der Waals surface area contributed by atoms with Gasteiger partial charge in [0.2, 0.25) is 0 Å². The third-order valence-electron chi connectivity index (χ3n) is 3.54. The van der Waals surface area contributed by atoms with Crippen molar-refractivity contribution in [2.75, 3.05) is 13.1 Å². The predicted octanol–water partition coefficient (Wildman–Crippen LogP) is 2.14. The van der Waals surface area contributed by atoms with E-state index in [4.69, 9.17) is 4.74 Å². The van der Waals surface area contributed by atoms with Gasteiger partial charge in [0.05, 0.1) is 0 Å². The standard InChI is InChI=1S/C13H24N2O2/c1-13(2,3)17-12(16)14-10-6-4-8-15-9-5-7-11(10)15/h10-11H,4-9H2,1-3H3,(H,14,16)/t10-,11-/m0/s1. The topological polar surface area (TPSA) is 41.6 Å². The number of rotatable bonds is 1. The predicted molar refractivity (Wildman–Crippen MR) is 67.0 cm³/mol. The van der Waals surface area contributed by atoms with Gasteiger partial charge in [0.25, 0.3) is 0 Å². The SMILES string of the molecule is CC(C)(C)OC(=O)N[C@H]1CCCN2CCC[C@@H]12. The minimum atomic E-state index is -0.409. The zero-order valence-electron chi connectivity index (χ0n) is 11.2. The number of alkyl carbamates (subject to hydrolysis) is 1. The number of fused-ring (bicyclic) bond motifs is 1. The fraction of sp³-hybridized carbons (Fsp3) is 0.923. The molecule has 2 rings (SSSR count). The molecule has 0 saturated carbocycles. The fourth-order valence-corrected chi connectivity index (χ4v) is 2.92. The van der Waals surface area contributed by atoms with Gasteiger partial charge in [-0.3, -0.25) is 4.90 Å². The van der Waals surface area contributed by atoms with E-state index >= 15 is 0 Å². The van der Waals surface area contributed by atoms with Crippen LogP contribution < -0.4 is 5.32 Å². The van der Waals surface area contributed by atoms with Gasteiger partial charge >= 0.3 is 6.09 Å². The van der Waals surface area contributed by atoms with Gasteiger partial charge in [-0.25, -0.2) is 4.79 Å². The van der Waals surface area contributed by atoms with Gasteiger partial charge < -0.3 is 10.1 Å². The highest BCUT2D eigenvalue weighted by atomic mass is 16.6. The second-order valence-corrected chi connectivity index (χ2v) is 6.14. The highest BCUT2D eigenvalue weighted by molar-refractivity contribution is 5.68. The van der Waals surface area contributed by atoms with Crippen molar-refractivity contribution in [1.82, 2.24) is 10.2 Å². The minimum absolute atomic E-state index is 0.267. The lowest BCUT2D eigenvalue weighted by Gasteiger charge is -2.37. The van der Waals surface area contributed by atoms with Crippen LogP contribution in [-0.4, -0.2) is 41.8 Å². The fourth-order valence-electron chi connectivity index (χ4n) is 2.92. The molecule has 2 saturated heterocycles. The number of piperidine rings is 1. The molecule has 1 N–H and O–H groups in total. The molecule has 2 fully saturated rings. The van der Waals surface area contributed by atoms with E-state index in [1.165, 1.54) is 32.4 Å². The van der Waals surface area contributed by atoms with Crippen molar-refractivity contribution in [3.05, 3.63) is 0 Å². The van der Waals surface area contributed by atoms with Crippen molar-refractivity contribution in [2.24, 2.45) is 0 Å². The summed E-state index contributed by atoms with van der Waals surface area (Å²) in [5.74, 6) is 0. The molecule has 0 spiro atoms. The molecule has 4 nitrogen and oxygen atoms in total. The van der Waals surface area contributed by atoms with Crippen LogP contribution in [0, 0.1) is 0 Å². The molecule has 2 heterocycles. The maximum absolute atomic E-state index is 11.8. The second kappa shape index (κ2) is 4.84. The van der Waals surface area contributed by atoms with E-state index in [1.807, 2.05) is 20.8 Å². The van der Waals surface area contributed by atoms with Crippen LogP contribution >= 0.6 is 0 Å². The molecule has 4 heteroatoms. The van der Waals surface area contributed by atoms with E-state index in [0.29, 0.717) is 6.04 Å². The molecule has 0 aliphatic carbocycles. The molecule has 2 aliphatic rings. The van der Waals surface area contributed by atoms with E-state index in [0.717, 1.165) is 6.42 Å². The Morgan fingerprint density at radius 3 is 2.53 bits per heavy atom. The number of amides is 1. The molecule has 1 amide bonds. The third kappa shape index (κ3) is 3.35. The molecule has 0 aromatic rings. The summed E-state index contributed by atoms with van der Waals surface area (Å²) in [6.45, 7) is 8.08. The molecular formula is C13H24N2O2. The van der Waals surface area contributed by atoms with Crippen LogP contribution in [0.5, 0.6) is 0 Å². The van der Waals surface area contributed by atoms with Crippen LogP contribution in [0.25, 0.3) is 0 Å². The molecule has 0 unspecified atom stereocenters. The number of nitrogens with zero attached hydrogens (tertiary/aromatic N) is 1. The van der Waals surface area contributed by atoms with Crippen LogP contribution in [0.15, 0.2) is 0 Å². The number of ether oxygens (including phenoxy) is 1. The van der Waals surface area contributed by atoms with Crippen LogP contribution in [0.2, 0.25) is 0 Å². The van der Waals surface area contributed by atoms with Crippen LogP contribution in [-0.2, 0) is 4.74 Å². The molecule has 98 valence electrons. The van der Waals surface area contributed by atoms with Crippen LogP contribution in [0.1, 0.15) is 46.5 Å². The Morgan fingerprint density at radius 2 is 1.88 bits per heavy atom. The van der Waals surface area contributed by atoms with Crippen LogP contribution in [0.3, 0.4) is 0 Å². The van der Waals surface area contributed by atoms with Crippen molar-refractivity contribution in [1.29, 1.82) is 0 Å². The Balaban J connectivity index is 1.87. The van der Waals surface area contributed by atoms with E-state index < -0.39 is 5.60 Å². The molecular weight excluding hydrogens is 216 g/mol. The lowest BCUT2D eigenvalue weighted by molar-refractivity contribution is 0.0443. The summed E-state index contributed by atoms with van der Waals surface area (Å²) >= 11 is 0. The van der Waals surface area contributed by atoms with Gasteiger partial charge in [-0.2, -0.15) is 0 Å². The van der Waals surface area contributed by atoms with Crippen molar-refractivity contribution in [2.45, 2.75) is 64.1 Å². The van der Waals surface area contributed by atoms with Gasteiger partial charge in [0, 0.05) is 12.1 Å². The summed E-state index contributed by atoms with van der Waals surface area (Å²) in [4.78, 5) is 14.3. The Hall–Kier alpha value is -0.770. The Kier molecular flexibility index (Phi) is 3.61. The lowest BCUT2D eigenvalue weighted by Crippen LogP contribution is -2.53. The van der Waals surface area contributed by atoms with E-state index in [9.17, 15) is 4.79 Å². The largest absolute Gasteiger partial charge is 0.444 e. The van der Waals surface area contributed by atoms with Gasteiger partial charge in [-0.15, -0.1) is 0 Å². The van der Waals surface area contributed by atoms with E-state index in [2.05, 4.69) is 10.2 Å².